The van der Waals surface area contributed by atoms with Crippen molar-refractivity contribution in [2.45, 2.75) is 48.6 Å². The van der Waals surface area contributed by atoms with E-state index in [0.717, 1.165) is 68.5 Å². The number of piperazine rings is 1. The third-order valence-corrected chi connectivity index (χ3v) is 9.48. The maximum Gasteiger partial charge on any atom is 0.251 e. The zero-order valence-electron chi connectivity index (χ0n) is 23.8. The number of likely N-dealkylation sites (N-methyl/N-ethyl adjacent to an activating group) is 1. The van der Waals surface area contributed by atoms with E-state index in [4.69, 9.17) is 11.6 Å². The molecule has 2 fully saturated rings. The Labute approximate surface area is 258 Å². The van der Waals surface area contributed by atoms with Crippen molar-refractivity contribution in [2.24, 2.45) is 0 Å². The lowest BCUT2D eigenvalue weighted by molar-refractivity contribution is -0.133. The standard InChI is InChI=1S/C31H43ClIN5O2/c1-3-23(24-7-5-4-6-8-24)22-38-14-11-27(21-34-30(39)25-9-10-28(32)26(19-25)20-33)35-29(31(38)40)12-13-37-17-15-36(2)16-18-37/h4-10,19,23,27,29,35H,3,11-18,20-22H2,1-2H3,(H,34,39)/t23-,27+,29+/m1/s1. The van der Waals surface area contributed by atoms with Crippen LogP contribution in [0.25, 0.3) is 0 Å². The van der Waals surface area contributed by atoms with Crippen LogP contribution in [-0.2, 0) is 9.22 Å². The van der Waals surface area contributed by atoms with Crippen LogP contribution in [0.1, 0.15) is 53.6 Å². The van der Waals surface area contributed by atoms with Crippen molar-refractivity contribution in [2.75, 3.05) is 59.4 Å². The van der Waals surface area contributed by atoms with Gasteiger partial charge in [-0.25, -0.2) is 0 Å². The molecule has 9 heteroatoms. The molecule has 2 aliphatic heterocycles. The van der Waals surface area contributed by atoms with Crippen LogP contribution in [0.4, 0.5) is 0 Å². The predicted molar refractivity (Wildman–Crippen MR) is 171 cm³/mol. The zero-order chi connectivity index (χ0) is 28.5. The summed E-state index contributed by atoms with van der Waals surface area (Å²) in [6.45, 7) is 9.15. The lowest BCUT2D eigenvalue weighted by Gasteiger charge is -2.34. The molecule has 2 heterocycles. The van der Waals surface area contributed by atoms with Gasteiger partial charge >= 0.3 is 0 Å². The Bertz CT molecular complexity index is 1110. The second kappa shape index (κ2) is 15.5. The van der Waals surface area contributed by atoms with E-state index in [9.17, 15) is 9.59 Å². The van der Waals surface area contributed by atoms with Gasteiger partial charge in [-0.05, 0) is 55.6 Å². The Hall–Kier alpha value is -1.72. The second-order valence-corrected chi connectivity index (χ2v) is 12.3. The van der Waals surface area contributed by atoms with Gasteiger partial charge in [-0.1, -0.05) is 71.4 Å². The van der Waals surface area contributed by atoms with Crippen LogP contribution in [0.5, 0.6) is 0 Å². The predicted octanol–water partition coefficient (Wildman–Crippen LogP) is 4.40. The number of halogens is 2. The third kappa shape index (κ3) is 8.64. The second-order valence-electron chi connectivity index (χ2n) is 11.1. The first-order valence-corrected chi connectivity index (χ1v) is 16.4. The van der Waals surface area contributed by atoms with Crippen LogP contribution in [0.3, 0.4) is 0 Å². The summed E-state index contributed by atoms with van der Waals surface area (Å²) in [7, 11) is 2.16. The average molecular weight is 680 g/mol. The Morgan fingerprint density at radius 1 is 1.12 bits per heavy atom. The molecule has 2 saturated heterocycles. The Kier molecular flexibility index (Phi) is 12.1. The molecule has 0 saturated carbocycles. The Morgan fingerprint density at radius 2 is 1.88 bits per heavy atom. The molecule has 0 radical (unpaired) electrons. The molecule has 2 aromatic rings. The number of benzene rings is 2. The molecule has 2 aliphatic rings. The molecule has 7 nitrogen and oxygen atoms in total. The number of rotatable bonds is 11. The van der Waals surface area contributed by atoms with Gasteiger partial charge in [0.2, 0.25) is 5.91 Å². The highest BCUT2D eigenvalue weighted by atomic mass is 127. The molecular weight excluding hydrogens is 637 g/mol. The number of alkyl halides is 1. The summed E-state index contributed by atoms with van der Waals surface area (Å²) in [6, 6.07) is 15.7. The number of amides is 2. The first-order valence-electron chi connectivity index (χ1n) is 14.5. The summed E-state index contributed by atoms with van der Waals surface area (Å²) >= 11 is 8.51. The molecule has 0 unspecified atom stereocenters. The summed E-state index contributed by atoms with van der Waals surface area (Å²) in [4.78, 5) is 33.8. The van der Waals surface area contributed by atoms with Gasteiger partial charge < -0.3 is 25.3 Å². The van der Waals surface area contributed by atoms with Crippen LogP contribution in [0.15, 0.2) is 48.5 Å². The largest absolute Gasteiger partial charge is 0.350 e. The topological polar surface area (TPSA) is 67.9 Å². The van der Waals surface area contributed by atoms with Gasteiger partial charge in [-0.3, -0.25) is 9.59 Å². The van der Waals surface area contributed by atoms with E-state index in [0.29, 0.717) is 29.6 Å². The first-order chi connectivity index (χ1) is 19.4. The monoisotopic (exact) mass is 679 g/mol. The van der Waals surface area contributed by atoms with Gasteiger partial charge in [-0.15, -0.1) is 0 Å². The molecular formula is C31H43ClIN5O2. The van der Waals surface area contributed by atoms with Crippen molar-refractivity contribution in [3.8, 4) is 0 Å². The average Bonchev–Trinajstić information content (AvgIpc) is 3.13. The molecule has 0 aromatic heterocycles. The number of hydrogen-bond acceptors (Lipinski definition) is 5. The van der Waals surface area contributed by atoms with E-state index in [-0.39, 0.29) is 23.9 Å². The first kappa shape index (κ1) is 31.2. The summed E-state index contributed by atoms with van der Waals surface area (Å²) in [5, 5.41) is 7.44. The van der Waals surface area contributed by atoms with Crippen LogP contribution in [-0.4, -0.2) is 98.0 Å². The summed E-state index contributed by atoms with van der Waals surface area (Å²) in [5.41, 5.74) is 2.85. The van der Waals surface area contributed by atoms with Crippen molar-refractivity contribution in [3.05, 3.63) is 70.2 Å². The van der Waals surface area contributed by atoms with E-state index in [1.165, 1.54) is 5.56 Å². The van der Waals surface area contributed by atoms with Gasteiger partial charge in [0.05, 0.1) is 6.04 Å². The Morgan fingerprint density at radius 3 is 2.58 bits per heavy atom. The molecule has 40 heavy (non-hydrogen) atoms. The van der Waals surface area contributed by atoms with Crippen LogP contribution in [0.2, 0.25) is 5.02 Å². The number of nitrogens with one attached hydrogen (secondary N) is 2. The molecule has 0 bridgehead atoms. The van der Waals surface area contributed by atoms with Crippen LogP contribution >= 0.6 is 34.2 Å². The number of nitrogens with zero attached hydrogens (tertiary/aromatic N) is 3. The normalized spacial score (nSPS) is 21.7. The van der Waals surface area contributed by atoms with Crippen LogP contribution < -0.4 is 10.6 Å². The van der Waals surface area contributed by atoms with Gasteiger partial charge in [0, 0.05) is 79.3 Å². The number of hydrogen-bond donors (Lipinski definition) is 2. The fraction of sp³-hybridized carbons (Fsp3) is 0.548. The molecule has 2 N–H and O–H groups in total. The number of carbonyl (C=O) groups is 2. The van der Waals surface area contributed by atoms with Gasteiger partial charge in [-0.2, -0.15) is 0 Å². The number of carbonyl (C=O) groups excluding carboxylic acids is 2. The van der Waals surface area contributed by atoms with Crippen molar-refractivity contribution < 1.29 is 9.59 Å². The molecule has 2 aromatic carbocycles. The molecule has 0 aliphatic carbocycles. The summed E-state index contributed by atoms with van der Waals surface area (Å²) in [6.07, 6.45) is 2.54. The lowest BCUT2D eigenvalue weighted by Crippen LogP contribution is -2.51. The highest BCUT2D eigenvalue weighted by Crippen LogP contribution is 2.23. The van der Waals surface area contributed by atoms with Crippen LogP contribution in [0, 0.1) is 0 Å². The van der Waals surface area contributed by atoms with Gasteiger partial charge in [0.1, 0.15) is 0 Å². The van der Waals surface area contributed by atoms with E-state index in [2.05, 4.69) is 86.2 Å². The van der Waals surface area contributed by atoms with E-state index in [1.807, 2.05) is 12.1 Å². The van der Waals surface area contributed by atoms with Crippen molar-refractivity contribution in [1.29, 1.82) is 0 Å². The maximum absolute atomic E-state index is 13.9. The van der Waals surface area contributed by atoms with Gasteiger partial charge in [0.15, 0.2) is 0 Å². The molecule has 4 rings (SSSR count). The lowest BCUT2D eigenvalue weighted by atomic mass is 9.95. The molecule has 3 atom stereocenters. The van der Waals surface area contributed by atoms with Crippen molar-refractivity contribution in [3.63, 3.8) is 0 Å². The highest BCUT2D eigenvalue weighted by Gasteiger charge is 2.32. The molecule has 2 amide bonds. The van der Waals surface area contributed by atoms with Gasteiger partial charge in [0.25, 0.3) is 5.91 Å². The highest BCUT2D eigenvalue weighted by molar-refractivity contribution is 14.1. The minimum Gasteiger partial charge on any atom is -0.350 e. The minimum atomic E-state index is -0.265. The van der Waals surface area contributed by atoms with E-state index in [1.54, 1.807) is 12.1 Å². The fourth-order valence-electron chi connectivity index (χ4n) is 5.61. The van der Waals surface area contributed by atoms with Crippen molar-refractivity contribution >= 4 is 46.0 Å². The Balaban J connectivity index is 1.43. The van der Waals surface area contributed by atoms with E-state index >= 15 is 0 Å². The zero-order valence-corrected chi connectivity index (χ0v) is 26.7. The van der Waals surface area contributed by atoms with E-state index < -0.39 is 0 Å². The minimum absolute atomic E-state index is 0.0172. The quantitative estimate of drug-likeness (QED) is 0.273. The summed E-state index contributed by atoms with van der Waals surface area (Å²) < 4.78 is 0.747. The molecule has 218 valence electrons. The fourth-order valence-corrected chi connectivity index (χ4v) is 6.65. The molecule has 0 spiro atoms. The third-order valence-electron chi connectivity index (χ3n) is 8.29. The summed E-state index contributed by atoms with van der Waals surface area (Å²) in [5.74, 6) is 0.375. The smallest absolute Gasteiger partial charge is 0.251 e. The van der Waals surface area contributed by atoms with Crippen molar-refractivity contribution in [1.82, 2.24) is 25.3 Å². The maximum atomic E-state index is 13.9. The SMILES string of the molecule is CC[C@H](CN1CC[C@@H](CNC(=O)c2ccc(Cl)c(CI)c2)N[C@@H](CCN2CCN(C)CC2)C1=O)c1ccccc1.